The van der Waals surface area contributed by atoms with Crippen LogP contribution in [0.3, 0.4) is 0 Å². The first-order valence-corrected chi connectivity index (χ1v) is 2.30. The fourth-order valence-corrected chi connectivity index (χ4v) is 0.376. The summed E-state index contributed by atoms with van der Waals surface area (Å²) >= 11 is 0. The van der Waals surface area contributed by atoms with E-state index in [9.17, 15) is 0 Å². The van der Waals surface area contributed by atoms with E-state index in [0.29, 0.717) is 0 Å². The molecular weight excluding hydrogens is 96.0 g/mol. The van der Waals surface area contributed by atoms with Crippen LogP contribution >= 0.6 is 0 Å². The van der Waals surface area contributed by atoms with Crippen LogP contribution in [0, 0.1) is 0 Å². The Bertz CT molecular complexity index is 58.0. The van der Waals surface area contributed by atoms with Gasteiger partial charge in [0.15, 0.2) is 0 Å². The zero-order valence-corrected chi connectivity index (χ0v) is 3.87. The van der Waals surface area contributed by atoms with E-state index in [1.807, 2.05) is 0 Å². The van der Waals surface area contributed by atoms with Gasteiger partial charge in [0.05, 0.1) is 6.10 Å². The largest absolute Gasteiger partial charge is 0.346 e. The first-order valence-electron chi connectivity index (χ1n) is 2.30. The Morgan fingerprint density at radius 1 is 1.43 bits per heavy atom. The van der Waals surface area contributed by atoms with Crippen LogP contribution in [-0.2, 0) is 4.74 Å². The topological polar surface area (TPSA) is 49.7 Å². The fraction of sp³-hybridized carbons (Fsp3) is 1.00. The highest BCUT2D eigenvalue weighted by molar-refractivity contribution is 4.72. The van der Waals surface area contributed by atoms with Gasteiger partial charge < -0.3 is 14.9 Å². The molecule has 1 aliphatic carbocycles. The Morgan fingerprint density at radius 3 is 2.14 bits per heavy atom. The third kappa shape index (κ3) is 1.87. The van der Waals surface area contributed by atoms with Gasteiger partial charge in [0.2, 0.25) is 0 Å². The van der Waals surface area contributed by atoms with E-state index in [2.05, 4.69) is 4.74 Å². The zero-order valence-electron chi connectivity index (χ0n) is 3.87. The lowest BCUT2D eigenvalue weighted by Gasteiger charge is -2.00. The minimum atomic E-state index is -1.56. The highest BCUT2D eigenvalue weighted by atomic mass is 16.7. The third-order valence-electron chi connectivity index (χ3n) is 0.839. The van der Waals surface area contributed by atoms with Crippen LogP contribution in [-0.4, -0.2) is 22.8 Å². The van der Waals surface area contributed by atoms with Crippen LogP contribution in [0.2, 0.25) is 0 Å². The molecule has 0 heterocycles. The van der Waals surface area contributed by atoms with Gasteiger partial charge in [0.1, 0.15) is 0 Å². The molecule has 0 aromatic heterocycles. The van der Waals surface area contributed by atoms with Crippen molar-refractivity contribution in [3.05, 3.63) is 0 Å². The molecule has 0 amide bonds. The summed E-state index contributed by atoms with van der Waals surface area (Å²) in [6, 6.07) is 0. The summed E-state index contributed by atoms with van der Waals surface area (Å²) in [5, 5.41) is 16.2. The van der Waals surface area contributed by atoms with E-state index in [0.717, 1.165) is 12.8 Å². The minimum absolute atomic E-state index is 0.125. The molecule has 1 aliphatic rings. The van der Waals surface area contributed by atoms with E-state index in [1.54, 1.807) is 0 Å². The Balaban J connectivity index is 1.97. The van der Waals surface area contributed by atoms with Crippen molar-refractivity contribution in [2.24, 2.45) is 0 Å². The van der Waals surface area contributed by atoms with Crippen molar-refractivity contribution in [1.29, 1.82) is 0 Å². The van der Waals surface area contributed by atoms with Crippen molar-refractivity contribution >= 4 is 0 Å². The van der Waals surface area contributed by atoms with Crippen LogP contribution < -0.4 is 0 Å². The molecule has 0 spiro atoms. The van der Waals surface area contributed by atoms with Gasteiger partial charge in [0, 0.05) is 0 Å². The summed E-state index contributed by atoms with van der Waals surface area (Å²) in [6.07, 6.45) is 2.06. The number of rotatable bonds is 2. The van der Waals surface area contributed by atoms with Crippen LogP contribution in [0.15, 0.2) is 0 Å². The van der Waals surface area contributed by atoms with Crippen molar-refractivity contribution in [2.75, 3.05) is 0 Å². The van der Waals surface area contributed by atoms with Crippen molar-refractivity contribution in [3.63, 3.8) is 0 Å². The van der Waals surface area contributed by atoms with Crippen LogP contribution in [0.5, 0.6) is 0 Å². The summed E-state index contributed by atoms with van der Waals surface area (Å²) in [7, 11) is 0. The molecule has 0 aromatic rings. The van der Waals surface area contributed by atoms with E-state index in [4.69, 9.17) is 10.2 Å². The number of aliphatic hydroxyl groups is 2. The van der Waals surface area contributed by atoms with Crippen LogP contribution in [0.1, 0.15) is 12.8 Å². The van der Waals surface area contributed by atoms with Crippen molar-refractivity contribution < 1.29 is 14.9 Å². The van der Waals surface area contributed by atoms with Gasteiger partial charge in [-0.1, -0.05) is 0 Å². The molecule has 1 rings (SSSR count). The van der Waals surface area contributed by atoms with Gasteiger partial charge in [-0.2, -0.15) is 0 Å². The second kappa shape index (κ2) is 1.78. The second-order valence-electron chi connectivity index (χ2n) is 1.66. The molecule has 0 aromatic carbocycles. The predicted octanol–water partition coefficient (Wildman–Crippen LogP) is -0.566. The van der Waals surface area contributed by atoms with E-state index in [-0.39, 0.29) is 6.10 Å². The summed E-state index contributed by atoms with van der Waals surface area (Å²) in [5.41, 5.74) is 0. The molecule has 1 fully saturated rings. The van der Waals surface area contributed by atoms with Crippen molar-refractivity contribution in [2.45, 2.75) is 25.4 Å². The molecular formula is C4H8O3. The highest BCUT2D eigenvalue weighted by Gasteiger charge is 2.24. The van der Waals surface area contributed by atoms with Gasteiger partial charge >= 0.3 is 0 Å². The molecule has 0 bridgehead atoms. The van der Waals surface area contributed by atoms with Crippen molar-refractivity contribution in [1.82, 2.24) is 0 Å². The predicted molar refractivity (Wildman–Crippen MR) is 22.3 cm³/mol. The van der Waals surface area contributed by atoms with Gasteiger partial charge in [-0.25, -0.2) is 0 Å². The Labute approximate surface area is 41.5 Å². The lowest BCUT2D eigenvalue weighted by atomic mass is 10.8. The lowest BCUT2D eigenvalue weighted by molar-refractivity contribution is -0.239. The first-order chi connectivity index (χ1) is 3.29. The SMILES string of the molecule is OC(O)OC1CC1. The summed E-state index contributed by atoms with van der Waals surface area (Å²) in [5.74, 6) is 0. The number of hydrogen-bond donors (Lipinski definition) is 2. The van der Waals surface area contributed by atoms with Gasteiger partial charge in [-0.3, -0.25) is 0 Å². The summed E-state index contributed by atoms with van der Waals surface area (Å²) < 4.78 is 4.47. The molecule has 0 radical (unpaired) electrons. The lowest BCUT2D eigenvalue weighted by Crippen LogP contribution is -2.10. The van der Waals surface area contributed by atoms with E-state index < -0.39 is 6.48 Å². The molecule has 42 valence electrons. The average molecular weight is 104 g/mol. The highest BCUT2D eigenvalue weighted by Crippen LogP contribution is 2.23. The molecule has 0 atom stereocenters. The molecule has 1 saturated carbocycles. The Hall–Kier alpha value is -0.120. The zero-order chi connectivity index (χ0) is 5.28. The maximum Gasteiger partial charge on any atom is 0.266 e. The second-order valence-corrected chi connectivity index (χ2v) is 1.66. The molecule has 3 nitrogen and oxygen atoms in total. The van der Waals surface area contributed by atoms with Gasteiger partial charge in [0.25, 0.3) is 6.48 Å². The molecule has 0 unspecified atom stereocenters. The summed E-state index contributed by atoms with van der Waals surface area (Å²) in [6.45, 7) is -1.56. The fourth-order valence-electron chi connectivity index (χ4n) is 0.376. The smallest absolute Gasteiger partial charge is 0.266 e. The number of ether oxygens (including phenoxy) is 1. The molecule has 3 heteroatoms. The maximum atomic E-state index is 8.10. The van der Waals surface area contributed by atoms with E-state index >= 15 is 0 Å². The summed E-state index contributed by atoms with van der Waals surface area (Å²) in [4.78, 5) is 0. The molecule has 0 saturated heterocycles. The van der Waals surface area contributed by atoms with Crippen molar-refractivity contribution in [3.8, 4) is 0 Å². The number of hydrogen-bond acceptors (Lipinski definition) is 3. The first kappa shape index (κ1) is 5.03. The Morgan fingerprint density at radius 2 is 2.00 bits per heavy atom. The molecule has 7 heavy (non-hydrogen) atoms. The normalized spacial score (nSPS) is 21.0. The van der Waals surface area contributed by atoms with Gasteiger partial charge in [-0.05, 0) is 12.8 Å². The average Bonchev–Trinajstić information content (AvgIpc) is 2.17. The third-order valence-corrected chi connectivity index (χ3v) is 0.839. The molecule has 0 aliphatic heterocycles. The molecule has 2 N–H and O–H groups in total. The number of aliphatic hydroxyl groups excluding tert-OH is 1. The van der Waals surface area contributed by atoms with Gasteiger partial charge in [-0.15, -0.1) is 0 Å². The Kier molecular flexibility index (Phi) is 1.27. The monoisotopic (exact) mass is 104 g/mol. The minimum Gasteiger partial charge on any atom is -0.346 e. The standard InChI is InChI=1S/C4H8O3/c5-4(6)7-3-1-2-3/h3-6H,1-2H2. The van der Waals surface area contributed by atoms with Crippen LogP contribution in [0.4, 0.5) is 0 Å². The van der Waals surface area contributed by atoms with Crippen LogP contribution in [0.25, 0.3) is 0 Å². The maximum absolute atomic E-state index is 8.10. The van der Waals surface area contributed by atoms with E-state index in [1.165, 1.54) is 0 Å². The quantitative estimate of drug-likeness (QED) is 0.461.